The molecule has 1 aromatic heterocycles. The maximum atomic E-state index is 14.9. The number of piperidine rings is 1. The fourth-order valence-corrected chi connectivity index (χ4v) is 5.25. The van der Waals surface area contributed by atoms with E-state index < -0.39 is 29.9 Å². The fraction of sp³-hybridized carbons (Fsp3) is 0.500. The summed E-state index contributed by atoms with van der Waals surface area (Å²) in [4.78, 5) is 23.8. The SMILES string of the molecule is Cc1nc(C2CN(C(=O)c3ccc(F)cc3OC3CC4CCC(N4)C3F)CC2=N)nc(C)c1Cl. The van der Waals surface area contributed by atoms with Crippen molar-refractivity contribution in [3.63, 3.8) is 0 Å². The summed E-state index contributed by atoms with van der Waals surface area (Å²) in [5.41, 5.74) is 1.69. The van der Waals surface area contributed by atoms with Gasteiger partial charge in [0.25, 0.3) is 5.91 Å². The van der Waals surface area contributed by atoms with Gasteiger partial charge in [0.2, 0.25) is 0 Å². The quantitative estimate of drug-likeness (QED) is 0.682. The van der Waals surface area contributed by atoms with E-state index in [2.05, 4.69) is 15.3 Å². The average molecular weight is 490 g/mol. The van der Waals surface area contributed by atoms with Crippen LogP contribution in [0.25, 0.3) is 0 Å². The van der Waals surface area contributed by atoms with Crippen LogP contribution in [0.15, 0.2) is 18.2 Å². The van der Waals surface area contributed by atoms with E-state index in [-0.39, 0.29) is 36.5 Å². The van der Waals surface area contributed by atoms with E-state index in [1.165, 1.54) is 17.0 Å². The molecule has 2 aromatic rings. The van der Waals surface area contributed by atoms with Crippen LogP contribution in [0.5, 0.6) is 5.75 Å². The molecule has 1 aromatic carbocycles. The minimum Gasteiger partial charge on any atom is -0.486 e. The summed E-state index contributed by atoms with van der Waals surface area (Å²) < 4.78 is 34.9. The van der Waals surface area contributed by atoms with Crippen molar-refractivity contribution in [2.45, 2.75) is 63.4 Å². The van der Waals surface area contributed by atoms with E-state index in [1.54, 1.807) is 13.8 Å². The van der Waals surface area contributed by atoms with Gasteiger partial charge in [-0.15, -0.1) is 0 Å². The number of aryl methyl sites for hydroxylation is 2. The third-order valence-corrected chi connectivity index (χ3v) is 7.52. The molecule has 3 aliphatic heterocycles. The Balaban J connectivity index is 1.37. The molecule has 3 aliphatic rings. The Labute approximate surface area is 201 Å². The topological polar surface area (TPSA) is 91.2 Å². The van der Waals surface area contributed by atoms with Crippen LogP contribution in [-0.4, -0.2) is 63.9 Å². The van der Waals surface area contributed by atoms with Crippen LogP contribution in [0.4, 0.5) is 8.78 Å². The summed E-state index contributed by atoms with van der Waals surface area (Å²) in [6, 6.07) is 3.58. The second-order valence-electron chi connectivity index (χ2n) is 9.35. The van der Waals surface area contributed by atoms with Crippen molar-refractivity contribution in [3.05, 3.63) is 51.8 Å². The second kappa shape index (κ2) is 8.85. The molecule has 5 atom stereocenters. The number of carbonyl (C=O) groups excluding carboxylic acids is 1. The average Bonchev–Trinajstić information content (AvgIpc) is 3.39. The number of ether oxygens (including phenoxy) is 1. The number of likely N-dealkylation sites (tertiary alicyclic amines) is 1. The van der Waals surface area contributed by atoms with Gasteiger partial charge in [0, 0.05) is 36.8 Å². The lowest BCUT2D eigenvalue weighted by molar-refractivity contribution is 0.0442. The number of nitrogens with zero attached hydrogens (tertiary/aromatic N) is 3. The standard InChI is InChI=1S/C24H26ClF2N5O2/c1-11-21(25)12(2)30-23(29-11)16-9-32(10-17(16)28)24(33)15-5-3-13(26)7-19(15)34-20-8-14-4-6-18(31-14)22(20)27/h3,5,7,14,16,18,20,22,28,31H,4,6,8-10H2,1-2H3. The molecular weight excluding hydrogens is 464 g/mol. The Morgan fingerprint density at radius 2 is 2.00 bits per heavy atom. The molecule has 34 heavy (non-hydrogen) atoms. The highest BCUT2D eigenvalue weighted by atomic mass is 35.5. The number of hydrogen-bond acceptors (Lipinski definition) is 6. The van der Waals surface area contributed by atoms with Gasteiger partial charge >= 0.3 is 0 Å². The molecule has 3 saturated heterocycles. The lowest BCUT2D eigenvalue weighted by Gasteiger charge is -2.33. The van der Waals surface area contributed by atoms with E-state index in [9.17, 15) is 13.6 Å². The van der Waals surface area contributed by atoms with Crippen molar-refractivity contribution in [2.75, 3.05) is 13.1 Å². The zero-order valence-corrected chi connectivity index (χ0v) is 19.7. The molecule has 5 rings (SSSR count). The van der Waals surface area contributed by atoms with Crippen molar-refractivity contribution in [2.24, 2.45) is 0 Å². The molecule has 0 saturated carbocycles. The van der Waals surface area contributed by atoms with Crippen LogP contribution in [0.3, 0.4) is 0 Å². The van der Waals surface area contributed by atoms with Crippen molar-refractivity contribution in [3.8, 4) is 5.75 Å². The van der Waals surface area contributed by atoms with Crippen LogP contribution in [0.1, 0.15) is 52.8 Å². The van der Waals surface area contributed by atoms with E-state index in [0.29, 0.717) is 34.4 Å². The normalized spacial score (nSPS) is 28.4. The monoisotopic (exact) mass is 489 g/mol. The first-order valence-corrected chi connectivity index (χ1v) is 11.8. The third-order valence-electron chi connectivity index (χ3n) is 6.97. The molecule has 0 radical (unpaired) electrons. The van der Waals surface area contributed by atoms with Crippen LogP contribution in [0, 0.1) is 25.1 Å². The predicted octanol–water partition coefficient (Wildman–Crippen LogP) is 3.76. The number of nitrogens with one attached hydrogen (secondary N) is 2. The summed E-state index contributed by atoms with van der Waals surface area (Å²) in [7, 11) is 0. The van der Waals surface area contributed by atoms with E-state index in [1.807, 2.05) is 0 Å². The molecule has 4 heterocycles. The Kier molecular flexibility index (Phi) is 6.02. The smallest absolute Gasteiger partial charge is 0.257 e. The van der Waals surface area contributed by atoms with Gasteiger partial charge in [0.15, 0.2) is 6.17 Å². The van der Waals surface area contributed by atoms with Crippen LogP contribution < -0.4 is 10.1 Å². The van der Waals surface area contributed by atoms with Gasteiger partial charge < -0.3 is 20.4 Å². The summed E-state index contributed by atoms with van der Waals surface area (Å²) in [6.07, 6.45) is 0.102. The van der Waals surface area contributed by atoms with E-state index in [0.717, 1.165) is 18.9 Å². The van der Waals surface area contributed by atoms with Crippen molar-refractivity contribution < 1.29 is 18.3 Å². The summed E-state index contributed by atoms with van der Waals surface area (Å²) in [5, 5.41) is 12.2. The largest absolute Gasteiger partial charge is 0.486 e. The molecule has 2 bridgehead atoms. The lowest BCUT2D eigenvalue weighted by atomic mass is 10.00. The van der Waals surface area contributed by atoms with Gasteiger partial charge in [0.1, 0.15) is 23.5 Å². The van der Waals surface area contributed by atoms with Crippen molar-refractivity contribution in [1.29, 1.82) is 5.41 Å². The number of rotatable bonds is 4. The van der Waals surface area contributed by atoms with Crippen LogP contribution in [0.2, 0.25) is 5.02 Å². The van der Waals surface area contributed by atoms with Gasteiger partial charge in [-0.3, -0.25) is 4.79 Å². The fourth-order valence-electron chi connectivity index (χ4n) is 5.16. The Morgan fingerprint density at radius 1 is 1.26 bits per heavy atom. The molecule has 3 fully saturated rings. The van der Waals surface area contributed by atoms with Crippen LogP contribution >= 0.6 is 11.6 Å². The maximum absolute atomic E-state index is 14.9. The Morgan fingerprint density at radius 3 is 2.74 bits per heavy atom. The number of aromatic nitrogens is 2. The van der Waals surface area contributed by atoms with Gasteiger partial charge in [-0.1, -0.05) is 11.6 Å². The number of hydrogen-bond donors (Lipinski definition) is 2. The van der Waals surface area contributed by atoms with E-state index in [4.69, 9.17) is 21.7 Å². The molecule has 1 amide bonds. The molecule has 0 spiro atoms. The van der Waals surface area contributed by atoms with Crippen LogP contribution in [-0.2, 0) is 0 Å². The molecule has 180 valence electrons. The lowest BCUT2D eigenvalue weighted by Crippen LogP contribution is -2.51. The third kappa shape index (κ3) is 4.15. The van der Waals surface area contributed by atoms with Gasteiger partial charge in [-0.25, -0.2) is 18.7 Å². The first-order chi connectivity index (χ1) is 16.2. The number of benzene rings is 1. The second-order valence-corrected chi connectivity index (χ2v) is 9.73. The zero-order valence-electron chi connectivity index (χ0n) is 18.9. The first-order valence-electron chi connectivity index (χ1n) is 11.4. The van der Waals surface area contributed by atoms with E-state index >= 15 is 0 Å². The summed E-state index contributed by atoms with van der Waals surface area (Å²) in [6.45, 7) is 3.84. The van der Waals surface area contributed by atoms with Gasteiger partial charge in [0.05, 0.1) is 34.4 Å². The number of amides is 1. The Hall–Kier alpha value is -2.65. The highest BCUT2D eigenvalue weighted by Gasteiger charge is 2.44. The number of fused-ring (bicyclic) bond motifs is 2. The minimum atomic E-state index is -1.23. The minimum absolute atomic E-state index is 0.0309. The van der Waals surface area contributed by atoms with Gasteiger partial charge in [-0.05, 0) is 38.8 Å². The maximum Gasteiger partial charge on any atom is 0.257 e. The zero-order chi connectivity index (χ0) is 24.1. The molecule has 10 heteroatoms. The molecular formula is C24H26ClF2N5O2. The Bertz CT molecular complexity index is 1140. The number of carbonyl (C=O) groups is 1. The highest BCUT2D eigenvalue weighted by Crippen LogP contribution is 2.34. The number of halogens is 3. The summed E-state index contributed by atoms with van der Waals surface area (Å²) >= 11 is 6.18. The first kappa shape index (κ1) is 23.1. The highest BCUT2D eigenvalue weighted by molar-refractivity contribution is 6.31. The molecule has 7 nitrogen and oxygen atoms in total. The van der Waals surface area contributed by atoms with Gasteiger partial charge in [-0.2, -0.15) is 0 Å². The molecule has 2 N–H and O–H groups in total. The predicted molar refractivity (Wildman–Crippen MR) is 123 cm³/mol. The summed E-state index contributed by atoms with van der Waals surface area (Å²) in [5.74, 6) is -0.953. The number of alkyl halides is 1. The molecule has 5 unspecified atom stereocenters. The molecule has 0 aliphatic carbocycles. The van der Waals surface area contributed by atoms with Crippen molar-refractivity contribution >= 4 is 23.2 Å². The van der Waals surface area contributed by atoms with Crippen molar-refractivity contribution in [1.82, 2.24) is 20.2 Å².